The van der Waals surface area contributed by atoms with Gasteiger partial charge in [0, 0.05) is 12.4 Å². The number of nitrogens with zero attached hydrogens (tertiary/aromatic N) is 1. The number of aromatic nitrogens is 1. The summed E-state index contributed by atoms with van der Waals surface area (Å²) in [6.45, 7) is -0.250. The van der Waals surface area contributed by atoms with Gasteiger partial charge in [0.2, 0.25) is 0 Å². The second kappa shape index (κ2) is 14.6. The number of rotatable bonds is 2. The fourth-order valence-electron chi connectivity index (χ4n) is 0.988. The van der Waals surface area contributed by atoms with Crippen LogP contribution in [0, 0.1) is 0 Å². The smallest absolute Gasteiger partial charge is 0.0267 e. The van der Waals surface area contributed by atoms with Gasteiger partial charge in [0.05, 0.1) is 13.2 Å². The third kappa shape index (κ3) is 12.8. The minimum Gasteiger partial charge on any atom is -0.265 e. The van der Waals surface area contributed by atoms with Crippen LogP contribution < -0.4 is 0 Å². The third-order valence-corrected chi connectivity index (χ3v) is 2.16. The number of aliphatic hydroxyl groups excluding tert-OH is 2. The Kier molecular flexibility index (Phi) is 13.6. The first-order valence-corrected chi connectivity index (χ1v) is 7.25. The largest absolute Gasteiger partial charge is 0.265 e. The van der Waals surface area contributed by atoms with E-state index in [0.717, 1.165) is 0 Å². The summed E-state index contributed by atoms with van der Waals surface area (Å²) >= 11 is 1.63. The molecule has 1 heterocycles. The van der Waals surface area contributed by atoms with E-state index in [1.807, 2.05) is 36.4 Å². The SMILES string of the molecule is OCCO.[AsH2]C=Cc1ccccc1.c1ccncc1. The molecule has 0 bridgehead atoms. The summed E-state index contributed by atoms with van der Waals surface area (Å²) in [5.41, 5.74) is 1.28. The third-order valence-electron chi connectivity index (χ3n) is 1.75. The van der Waals surface area contributed by atoms with Gasteiger partial charge in [-0.15, -0.1) is 0 Å². The molecule has 0 amide bonds. The van der Waals surface area contributed by atoms with E-state index < -0.39 is 0 Å². The number of pyridine rings is 1. The van der Waals surface area contributed by atoms with Crippen molar-refractivity contribution in [1.82, 2.24) is 4.98 Å². The van der Waals surface area contributed by atoms with Gasteiger partial charge < -0.3 is 10.2 Å². The molecule has 1 aromatic carbocycles. The second-order valence-corrected chi connectivity index (χ2v) is 4.05. The standard InChI is InChI=1S/C8H9As.C5H5N.C2H6O2/c9-7-6-8-4-2-1-3-5-8;1-2-4-6-5-3-1;3-1-2-4/h1-7H,9H2;1-5H;3-4H,1-2H2. The molecule has 3 nitrogen and oxygen atoms in total. The zero-order chi connectivity index (χ0) is 14.2. The van der Waals surface area contributed by atoms with Crippen LogP contribution >= 0.6 is 0 Å². The van der Waals surface area contributed by atoms with E-state index >= 15 is 0 Å². The summed E-state index contributed by atoms with van der Waals surface area (Å²) in [5.74, 6) is 0. The molecule has 0 fully saturated rings. The van der Waals surface area contributed by atoms with E-state index in [4.69, 9.17) is 10.2 Å². The van der Waals surface area contributed by atoms with Crippen molar-refractivity contribution >= 4 is 22.9 Å². The number of hydrogen-bond acceptors (Lipinski definition) is 3. The van der Waals surface area contributed by atoms with Crippen LogP contribution in [-0.4, -0.2) is 45.3 Å². The van der Waals surface area contributed by atoms with E-state index in [1.54, 1.807) is 29.2 Å². The fraction of sp³-hybridized carbons (Fsp3) is 0.133. The van der Waals surface area contributed by atoms with Crippen LogP contribution in [-0.2, 0) is 0 Å². The molecule has 0 aliphatic rings. The van der Waals surface area contributed by atoms with Gasteiger partial charge >= 0.3 is 63.7 Å². The van der Waals surface area contributed by atoms with Crippen LogP contribution in [0.1, 0.15) is 5.56 Å². The summed E-state index contributed by atoms with van der Waals surface area (Å²) in [5, 5.41) is 15.2. The molecule has 0 aliphatic carbocycles. The van der Waals surface area contributed by atoms with Crippen LogP contribution in [0.25, 0.3) is 6.08 Å². The molecule has 0 radical (unpaired) electrons. The Morgan fingerprint density at radius 3 is 1.74 bits per heavy atom. The molecule has 1 unspecified atom stereocenters. The average molecular weight is 321 g/mol. The predicted molar refractivity (Wildman–Crippen MR) is 82.4 cm³/mol. The summed E-state index contributed by atoms with van der Waals surface area (Å²) in [4.78, 5) is 5.88. The summed E-state index contributed by atoms with van der Waals surface area (Å²) < 4.78 is 0. The van der Waals surface area contributed by atoms with Crippen molar-refractivity contribution in [3.05, 3.63) is 71.4 Å². The van der Waals surface area contributed by atoms with Gasteiger partial charge in [0.1, 0.15) is 0 Å². The van der Waals surface area contributed by atoms with E-state index in [0.29, 0.717) is 0 Å². The van der Waals surface area contributed by atoms with E-state index in [-0.39, 0.29) is 13.2 Å². The van der Waals surface area contributed by atoms with Gasteiger partial charge in [0.15, 0.2) is 0 Å². The van der Waals surface area contributed by atoms with E-state index in [9.17, 15) is 0 Å². The molecule has 0 saturated carbocycles. The number of benzene rings is 1. The molecular formula is C15H20AsNO2. The van der Waals surface area contributed by atoms with Gasteiger partial charge in [-0.25, -0.2) is 0 Å². The second-order valence-electron chi connectivity index (χ2n) is 3.24. The molecule has 102 valence electrons. The molecular weight excluding hydrogens is 301 g/mol. The molecule has 2 aromatic rings. The zero-order valence-electron chi connectivity index (χ0n) is 10.8. The van der Waals surface area contributed by atoms with Crippen LogP contribution in [0.4, 0.5) is 0 Å². The molecule has 0 aliphatic heterocycles. The first kappa shape index (κ1) is 17.6. The molecule has 4 heteroatoms. The monoisotopic (exact) mass is 321 g/mol. The Labute approximate surface area is 123 Å². The van der Waals surface area contributed by atoms with Crippen molar-refractivity contribution < 1.29 is 10.2 Å². The molecule has 2 N–H and O–H groups in total. The fourth-order valence-corrected chi connectivity index (χ4v) is 1.45. The summed E-state index contributed by atoms with van der Waals surface area (Å²) in [6, 6.07) is 16.0. The van der Waals surface area contributed by atoms with Crippen molar-refractivity contribution in [3.63, 3.8) is 0 Å². The maximum absolute atomic E-state index is 7.62. The topological polar surface area (TPSA) is 53.4 Å². The summed E-state index contributed by atoms with van der Waals surface area (Å²) in [7, 11) is 0. The zero-order valence-corrected chi connectivity index (χ0v) is 13.2. The van der Waals surface area contributed by atoms with Crippen molar-refractivity contribution in [1.29, 1.82) is 0 Å². The normalized spacial score (nSPS) is 9.00. The minimum absolute atomic E-state index is 0.125. The Hall–Kier alpha value is -1.41. The minimum atomic E-state index is -0.125. The van der Waals surface area contributed by atoms with Crippen molar-refractivity contribution in [2.75, 3.05) is 13.2 Å². The molecule has 0 spiro atoms. The quantitative estimate of drug-likeness (QED) is 0.821. The van der Waals surface area contributed by atoms with Crippen molar-refractivity contribution in [3.8, 4) is 0 Å². The summed E-state index contributed by atoms with van der Waals surface area (Å²) in [6.07, 6.45) is 5.61. The first-order valence-electron chi connectivity index (χ1n) is 5.85. The van der Waals surface area contributed by atoms with Crippen LogP contribution in [0.15, 0.2) is 65.8 Å². The van der Waals surface area contributed by atoms with Gasteiger partial charge in [-0.2, -0.15) is 0 Å². The Morgan fingerprint density at radius 1 is 0.895 bits per heavy atom. The van der Waals surface area contributed by atoms with Crippen molar-refractivity contribution in [2.24, 2.45) is 0 Å². The van der Waals surface area contributed by atoms with Gasteiger partial charge in [0.25, 0.3) is 0 Å². The molecule has 2 rings (SSSR count). The van der Waals surface area contributed by atoms with Crippen LogP contribution in [0.5, 0.6) is 0 Å². The Balaban J connectivity index is 0.000000281. The maximum atomic E-state index is 7.62. The van der Waals surface area contributed by atoms with Crippen LogP contribution in [0.2, 0.25) is 0 Å². The number of hydrogen-bond donors (Lipinski definition) is 2. The molecule has 19 heavy (non-hydrogen) atoms. The Bertz CT molecular complexity index is 378. The van der Waals surface area contributed by atoms with Gasteiger partial charge in [-0.3, -0.25) is 4.98 Å². The molecule has 1 atom stereocenters. The van der Waals surface area contributed by atoms with E-state index in [2.05, 4.69) is 28.1 Å². The van der Waals surface area contributed by atoms with Gasteiger partial charge in [-0.05, 0) is 12.1 Å². The van der Waals surface area contributed by atoms with Crippen molar-refractivity contribution in [2.45, 2.75) is 0 Å². The van der Waals surface area contributed by atoms with Crippen LogP contribution in [0.3, 0.4) is 0 Å². The van der Waals surface area contributed by atoms with Gasteiger partial charge in [-0.1, -0.05) is 6.07 Å². The first-order chi connectivity index (χ1) is 9.35. The average Bonchev–Trinajstić information content (AvgIpc) is 2.51. The van der Waals surface area contributed by atoms with E-state index in [1.165, 1.54) is 5.56 Å². The molecule has 1 aromatic heterocycles. The Morgan fingerprint density at radius 2 is 1.42 bits per heavy atom. The number of aliphatic hydroxyl groups is 2. The molecule has 0 saturated heterocycles. The maximum Gasteiger partial charge on any atom is 0.0267 e. The predicted octanol–water partition coefficient (Wildman–Crippen LogP) is 1.34.